The van der Waals surface area contributed by atoms with E-state index in [4.69, 9.17) is 9.47 Å². The molecule has 0 amide bonds. The van der Waals surface area contributed by atoms with Gasteiger partial charge in [0.25, 0.3) is 0 Å². The first-order valence-electron chi connectivity index (χ1n) is 9.09. The number of carbonyl (C=O) groups excluding carboxylic acids is 1. The lowest BCUT2D eigenvalue weighted by molar-refractivity contribution is 0.0502. The smallest absolute Gasteiger partial charge is 0.338 e. The summed E-state index contributed by atoms with van der Waals surface area (Å²) in [6.45, 7) is 6.94. The first-order valence-corrected chi connectivity index (χ1v) is 9.09. The van der Waals surface area contributed by atoms with Gasteiger partial charge in [0, 0.05) is 5.56 Å². The van der Waals surface area contributed by atoms with E-state index in [1.165, 1.54) is 24.0 Å². The predicted molar refractivity (Wildman–Crippen MR) is 99.2 cm³/mol. The molecule has 2 aromatic rings. The van der Waals surface area contributed by atoms with E-state index in [2.05, 4.69) is 25.1 Å². The molecule has 1 aliphatic rings. The molecule has 2 aromatic carbocycles. The minimum atomic E-state index is -0.246. The van der Waals surface area contributed by atoms with Crippen molar-refractivity contribution in [1.29, 1.82) is 0 Å². The zero-order valence-electron chi connectivity index (χ0n) is 15.3. The van der Waals surface area contributed by atoms with Gasteiger partial charge >= 0.3 is 5.97 Å². The van der Waals surface area contributed by atoms with Gasteiger partial charge in [0.1, 0.15) is 12.4 Å². The van der Waals surface area contributed by atoms with Gasteiger partial charge in [-0.25, -0.2) is 4.79 Å². The highest BCUT2D eigenvalue weighted by atomic mass is 16.5. The Morgan fingerprint density at radius 3 is 2.68 bits per heavy atom. The number of benzene rings is 2. The van der Waals surface area contributed by atoms with E-state index in [0.29, 0.717) is 24.7 Å². The number of ether oxygens (including phenoxy) is 2. The van der Waals surface area contributed by atoms with Crippen molar-refractivity contribution < 1.29 is 14.3 Å². The molecule has 1 aliphatic carbocycles. The molecule has 0 heterocycles. The standard InChI is InChI=1S/C22H26O3/c1-4-12-24-22(23)19-7-5-6-18(17-10-11-17)20(19)14-25-21-13-15(2)8-9-16(21)3/h5-9,13,17H,4,10-12,14H2,1-3H3. The Bertz CT molecular complexity index is 760. The Morgan fingerprint density at radius 2 is 1.96 bits per heavy atom. The summed E-state index contributed by atoms with van der Waals surface area (Å²) in [6, 6.07) is 12.1. The molecule has 3 rings (SSSR count). The summed E-state index contributed by atoms with van der Waals surface area (Å²) in [5, 5.41) is 0. The van der Waals surface area contributed by atoms with Crippen LogP contribution in [-0.2, 0) is 11.3 Å². The van der Waals surface area contributed by atoms with Crippen LogP contribution >= 0.6 is 0 Å². The van der Waals surface area contributed by atoms with Crippen LogP contribution in [0.2, 0.25) is 0 Å². The second-order valence-electron chi connectivity index (χ2n) is 6.84. The Labute approximate surface area is 150 Å². The summed E-state index contributed by atoms with van der Waals surface area (Å²) >= 11 is 0. The topological polar surface area (TPSA) is 35.5 Å². The SMILES string of the molecule is CCCOC(=O)c1cccc(C2CC2)c1COc1cc(C)ccc1C. The summed E-state index contributed by atoms with van der Waals surface area (Å²) in [5.41, 5.74) is 5.12. The van der Waals surface area contributed by atoms with E-state index in [1.807, 2.05) is 32.0 Å². The molecule has 0 atom stereocenters. The first-order chi connectivity index (χ1) is 12.1. The van der Waals surface area contributed by atoms with Crippen LogP contribution in [-0.4, -0.2) is 12.6 Å². The maximum atomic E-state index is 12.5. The van der Waals surface area contributed by atoms with Crippen LogP contribution in [0.25, 0.3) is 0 Å². The molecule has 1 fully saturated rings. The maximum Gasteiger partial charge on any atom is 0.338 e. The number of carbonyl (C=O) groups is 1. The lowest BCUT2D eigenvalue weighted by Gasteiger charge is -2.16. The van der Waals surface area contributed by atoms with E-state index in [1.54, 1.807) is 0 Å². The third kappa shape index (κ3) is 4.22. The van der Waals surface area contributed by atoms with Crippen molar-refractivity contribution in [3.8, 4) is 5.75 Å². The van der Waals surface area contributed by atoms with Gasteiger partial charge in [-0.3, -0.25) is 0 Å². The Morgan fingerprint density at radius 1 is 1.16 bits per heavy atom. The Balaban J connectivity index is 1.87. The van der Waals surface area contributed by atoms with E-state index in [0.717, 1.165) is 23.3 Å². The third-order valence-electron chi connectivity index (χ3n) is 4.60. The van der Waals surface area contributed by atoms with Crippen molar-refractivity contribution >= 4 is 5.97 Å². The highest BCUT2D eigenvalue weighted by Crippen LogP contribution is 2.42. The number of rotatable bonds is 7. The molecular formula is C22H26O3. The Kier molecular flexibility index (Phi) is 5.42. The highest BCUT2D eigenvalue weighted by Gasteiger charge is 2.28. The molecule has 3 heteroatoms. The normalized spacial score (nSPS) is 13.6. The number of esters is 1. The van der Waals surface area contributed by atoms with Crippen molar-refractivity contribution in [1.82, 2.24) is 0 Å². The van der Waals surface area contributed by atoms with E-state index < -0.39 is 0 Å². The summed E-state index contributed by atoms with van der Waals surface area (Å²) < 4.78 is 11.5. The van der Waals surface area contributed by atoms with E-state index in [9.17, 15) is 4.79 Å². The zero-order chi connectivity index (χ0) is 17.8. The fourth-order valence-electron chi connectivity index (χ4n) is 3.02. The van der Waals surface area contributed by atoms with Crippen LogP contribution < -0.4 is 4.74 Å². The molecule has 0 radical (unpaired) electrons. The minimum absolute atomic E-state index is 0.246. The molecule has 0 bridgehead atoms. The molecule has 1 saturated carbocycles. The zero-order valence-corrected chi connectivity index (χ0v) is 15.3. The predicted octanol–water partition coefficient (Wildman–Crippen LogP) is 5.33. The van der Waals surface area contributed by atoms with Crippen molar-refractivity contribution in [2.24, 2.45) is 0 Å². The third-order valence-corrected chi connectivity index (χ3v) is 4.60. The summed E-state index contributed by atoms with van der Waals surface area (Å²) in [7, 11) is 0. The van der Waals surface area contributed by atoms with Crippen LogP contribution in [0, 0.1) is 13.8 Å². The van der Waals surface area contributed by atoms with E-state index in [-0.39, 0.29) is 5.97 Å². The average molecular weight is 338 g/mol. The van der Waals surface area contributed by atoms with Gasteiger partial charge in [-0.05, 0) is 67.9 Å². The summed E-state index contributed by atoms with van der Waals surface area (Å²) in [6.07, 6.45) is 3.19. The molecule has 3 nitrogen and oxygen atoms in total. The van der Waals surface area contributed by atoms with Crippen molar-refractivity contribution in [3.63, 3.8) is 0 Å². The molecule has 0 N–H and O–H groups in total. The quantitative estimate of drug-likeness (QED) is 0.640. The van der Waals surface area contributed by atoms with Gasteiger partial charge in [-0.2, -0.15) is 0 Å². The van der Waals surface area contributed by atoms with Gasteiger partial charge in [-0.1, -0.05) is 31.2 Å². The number of aryl methyl sites for hydroxylation is 2. The molecule has 25 heavy (non-hydrogen) atoms. The molecule has 132 valence electrons. The molecule has 0 unspecified atom stereocenters. The Hall–Kier alpha value is -2.29. The molecule has 0 aromatic heterocycles. The van der Waals surface area contributed by atoms with Gasteiger partial charge < -0.3 is 9.47 Å². The van der Waals surface area contributed by atoms with E-state index >= 15 is 0 Å². The van der Waals surface area contributed by atoms with Crippen LogP contribution in [0.15, 0.2) is 36.4 Å². The maximum absolute atomic E-state index is 12.5. The number of hydrogen-bond donors (Lipinski definition) is 0. The van der Waals surface area contributed by atoms with Crippen molar-refractivity contribution in [3.05, 3.63) is 64.2 Å². The summed E-state index contributed by atoms with van der Waals surface area (Å²) in [4.78, 5) is 12.5. The van der Waals surface area contributed by atoms with Crippen LogP contribution in [0.1, 0.15) is 64.7 Å². The second-order valence-corrected chi connectivity index (χ2v) is 6.84. The van der Waals surface area contributed by atoms with Crippen LogP contribution in [0.5, 0.6) is 5.75 Å². The minimum Gasteiger partial charge on any atom is -0.489 e. The van der Waals surface area contributed by atoms with Crippen molar-refractivity contribution in [2.45, 2.75) is 52.6 Å². The molecule has 0 spiro atoms. The average Bonchev–Trinajstić information content (AvgIpc) is 3.45. The molecular weight excluding hydrogens is 312 g/mol. The monoisotopic (exact) mass is 338 g/mol. The largest absolute Gasteiger partial charge is 0.489 e. The lowest BCUT2D eigenvalue weighted by Crippen LogP contribution is -2.13. The molecule has 0 aliphatic heterocycles. The van der Waals surface area contributed by atoms with Crippen LogP contribution in [0.4, 0.5) is 0 Å². The highest BCUT2D eigenvalue weighted by molar-refractivity contribution is 5.91. The fraction of sp³-hybridized carbons (Fsp3) is 0.409. The van der Waals surface area contributed by atoms with Crippen LogP contribution in [0.3, 0.4) is 0 Å². The van der Waals surface area contributed by atoms with Gasteiger partial charge in [0.05, 0.1) is 12.2 Å². The van der Waals surface area contributed by atoms with Crippen molar-refractivity contribution in [2.75, 3.05) is 6.61 Å². The van der Waals surface area contributed by atoms with Gasteiger partial charge in [0.15, 0.2) is 0 Å². The second kappa shape index (κ2) is 7.73. The first kappa shape index (κ1) is 17.5. The molecule has 0 saturated heterocycles. The number of hydrogen-bond acceptors (Lipinski definition) is 3. The summed E-state index contributed by atoms with van der Waals surface area (Å²) in [5.74, 6) is 1.18. The lowest BCUT2D eigenvalue weighted by atomic mass is 9.98. The van der Waals surface area contributed by atoms with Gasteiger partial charge in [0.2, 0.25) is 0 Å². The fourth-order valence-corrected chi connectivity index (χ4v) is 3.02. The van der Waals surface area contributed by atoms with Gasteiger partial charge in [-0.15, -0.1) is 0 Å².